The monoisotopic (exact) mass is 780 g/mol. The summed E-state index contributed by atoms with van der Waals surface area (Å²) in [7, 11) is 0. The van der Waals surface area contributed by atoms with Crippen LogP contribution < -0.4 is 0 Å². The van der Waals surface area contributed by atoms with Crippen LogP contribution in [0.5, 0.6) is 0 Å². The summed E-state index contributed by atoms with van der Waals surface area (Å²) in [6.07, 6.45) is 3.48. The van der Waals surface area contributed by atoms with Crippen molar-refractivity contribution >= 4 is 11.1 Å². The average molecular weight is 781 g/mol. The number of alkyl halides is 6. The molecule has 1 aliphatic carbocycles. The van der Waals surface area contributed by atoms with Gasteiger partial charge in [0, 0.05) is 5.57 Å². The van der Waals surface area contributed by atoms with E-state index in [1.165, 1.54) is 6.08 Å². The Morgan fingerprint density at radius 1 is 0.909 bits per heavy atom. The van der Waals surface area contributed by atoms with E-state index < -0.39 is 17.9 Å². The Bertz CT molecular complexity index is 1460. The summed E-state index contributed by atoms with van der Waals surface area (Å²) in [4.78, 5) is 0. The summed E-state index contributed by atoms with van der Waals surface area (Å²) < 4.78 is 78.7. The van der Waals surface area contributed by atoms with E-state index in [2.05, 4.69) is 12.6 Å². The molecule has 0 atom stereocenters. The largest absolute Gasteiger partial charge is 2.00 e. The van der Waals surface area contributed by atoms with Gasteiger partial charge in [0.15, 0.2) is 0 Å². The number of hydrogen-bond donors (Lipinski definition) is 0. The van der Waals surface area contributed by atoms with Gasteiger partial charge in [0.2, 0.25) is 0 Å². The van der Waals surface area contributed by atoms with Crippen molar-refractivity contribution < 1.29 is 47.4 Å². The van der Waals surface area contributed by atoms with E-state index in [4.69, 9.17) is 0 Å². The van der Waals surface area contributed by atoms with Crippen molar-refractivity contribution in [3.63, 3.8) is 0 Å². The van der Waals surface area contributed by atoms with Crippen molar-refractivity contribution in [2.45, 2.75) is 73.2 Å². The smallest absolute Gasteiger partial charge is 0.186 e. The van der Waals surface area contributed by atoms with Gasteiger partial charge in [-0.3, -0.25) is 0 Å². The third-order valence-electron chi connectivity index (χ3n) is 6.84. The average Bonchev–Trinajstić information content (AvgIpc) is 2.93. The minimum atomic E-state index is -4.58. The second kappa shape index (κ2) is 17.4. The van der Waals surface area contributed by atoms with Gasteiger partial charge in [-0.2, -0.15) is 38.5 Å². The molecule has 44 heavy (non-hydrogen) atoms. The third-order valence-corrected chi connectivity index (χ3v) is 6.84. The molecule has 0 unspecified atom stereocenters. The van der Waals surface area contributed by atoms with Gasteiger partial charge in [-0.1, -0.05) is 75.4 Å². The molecule has 0 fully saturated rings. The van der Waals surface area contributed by atoms with Gasteiger partial charge in [-0.05, 0) is 79.5 Å². The molecule has 0 radical (unpaired) electrons. The van der Waals surface area contributed by atoms with E-state index in [1.807, 2.05) is 59.8 Å². The van der Waals surface area contributed by atoms with Crippen molar-refractivity contribution in [3.8, 4) is 0 Å². The standard InChI is InChI=1S/C35H32F6.C2H6.W/c1-23-9-12-30(13-10-23)31(19-20-34(36,37)38)16-14-28-7-6-8-29(27(28)5)15-17-32(22-26(4)35(39,40)41)33-18-11-24(2)21-25(33)3;1-2;/h9-12,14-19,21-22H,4,6-8H2,1-3,5H3;1-2H3;/q-2;;+2/b17-15+,28-14+,31-16+,32-22-;;. The van der Waals surface area contributed by atoms with E-state index >= 15 is 0 Å². The van der Waals surface area contributed by atoms with Crippen LogP contribution in [0.1, 0.15) is 67.9 Å². The molecule has 234 valence electrons. The Kier molecular flexibility index (Phi) is 15.4. The van der Waals surface area contributed by atoms with Crippen molar-refractivity contribution in [1.29, 1.82) is 0 Å². The van der Waals surface area contributed by atoms with Gasteiger partial charge in [-0.25, -0.2) is 0 Å². The second-order valence-corrected chi connectivity index (χ2v) is 10.2. The summed E-state index contributed by atoms with van der Waals surface area (Å²) in [5.41, 5.74) is 6.57. The molecule has 0 amide bonds. The number of benzene rings is 2. The maximum absolute atomic E-state index is 13.3. The molecule has 0 N–H and O–H groups in total. The molecule has 0 bridgehead atoms. The van der Waals surface area contributed by atoms with Crippen LogP contribution in [0.2, 0.25) is 0 Å². The minimum absolute atomic E-state index is 0. The number of aryl methyl sites for hydroxylation is 3. The zero-order valence-corrected chi connectivity index (χ0v) is 28.9. The number of halogens is 6. The molecular weight excluding hydrogens is 742 g/mol. The topological polar surface area (TPSA) is 0 Å². The first-order valence-electron chi connectivity index (χ1n) is 14.1. The van der Waals surface area contributed by atoms with E-state index in [-0.39, 0.29) is 21.1 Å². The molecule has 2 aromatic rings. The first kappa shape index (κ1) is 38.9. The molecule has 0 heterocycles. The fourth-order valence-electron chi connectivity index (χ4n) is 4.53. The predicted molar refractivity (Wildman–Crippen MR) is 166 cm³/mol. The number of hydrogen-bond acceptors (Lipinski definition) is 0. The number of allylic oxidation sites excluding steroid dienone is 13. The van der Waals surface area contributed by atoms with Crippen molar-refractivity contribution in [1.82, 2.24) is 0 Å². The number of rotatable bonds is 7. The molecule has 1 aliphatic rings. The molecule has 7 heteroatoms. The van der Waals surface area contributed by atoms with Gasteiger partial charge in [-0.15, -0.1) is 41.0 Å². The summed E-state index contributed by atoms with van der Waals surface area (Å²) >= 11 is 0. The summed E-state index contributed by atoms with van der Waals surface area (Å²) in [6.45, 7) is 14.8. The predicted octanol–water partition coefficient (Wildman–Crippen LogP) is 11.9. The molecule has 0 saturated carbocycles. The Balaban J connectivity index is 0.00000316. The first-order chi connectivity index (χ1) is 20.1. The Labute approximate surface area is 272 Å². The van der Waals surface area contributed by atoms with Gasteiger partial charge in [0.25, 0.3) is 0 Å². The first-order valence-corrected chi connectivity index (χ1v) is 14.1. The second-order valence-electron chi connectivity index (χ2n) is 10.2. The van der Waals surface area contributed by atoms with Crippen LogP contribution in [-0.4, -0.2) is 12.4 Å². The van der Waals surface area contributed by atoms with E-state index in [9.17, 15) is 26.3 Å². The van der Waals surface area contributed by atoms with Gasteiger partial charge >= 0.3 is 33.4 Å². The van der Waals surface area contributed by atoms with Crippen LogP contribution >= 0.6 is 0 Å². The maximum atomic E-state index is 13.3. The van der Waals surface area contributed by atoms with Crippen LogP contribution in [-0.2, 0) is 21.1 Å². The summed E-state index contributed by atoms with van der Waals surface area (Å²) in [6, 6.07) is 13.8. The normalized spacial score (nSPS) is 15.9. The molecule has 0 saturated heterocycles. The van der Waals surface area contributed by atoms with Crippen LogP contribution in [0.25, 0.3) is 11.1 Å². The van der Waals surface area contributed by atoms with Gasteiger partial charge < -0.3 is 0 Å². The van der Waals surface area contributed by atoms with E-state index in [0.717, 1.165) is 64.8 Å². The third kappa shape index (κ3) is 12.1. The van der Waals surface area contributed by atoms with Crippen molar-refractivity contribution in [3.05, 3.63) is 142 Å². The van der Waals surface area contributed by atoms with Crippen molar-refractivity contribution in [2.75, 3.05) is 0 Å². The zero-order chi connectivity index (χ0) is 32.4. The SMILES string of the molecule is C=C(/C=C(/C=C/C1=C(C)C(=C/C=C(\C=[C-]C(F)(F)F)c2[c-]cc(C)cc2)/CCC1)c1ccc(C)cc1C)C(F)(F)F.CC.[W+2]. The molecule has 2 aromatic carbocycles. The maximum Gasteiger partial charge on any atom is 2.00 e. The quantitative estimate of drug-likeness (QED) is 0.149. The Morgan fingerprint density at radius 3 is 2.14 bits per heavy atom. The molecule has 0 aliphatic heterocycles. The molecule has 3 rings (SSSR count). The van der Waals surface area contributed by atoms with Gasteiger partial charge in [0.1, 0.15) is 0 Å². The van der Waals surface area contributed by atoms with Crippen LogP contribution in [0.15, 0.2) is 102 Å². The Morgan fingerprint density at radius 2 is 1.57 bits per heavy atom. The minimum Gasteiger partial charge on any atom is -0.186 e. The van der Waals surface area contributed by atoms with Gasteiger partial charge in [0.05, 0.1) is 0 Å². The van der Waals surface area contributed by atoms with Crippen molar-refractivity contribution in [2.24, 2.45) is 0 Å². The molecule has 0 nitrogen and oxygen atoms in total. The molecular formula is C37H38F6W. The van der Waals surface area contributed by atoms with Crippen LogP contribution in [0.4, 0.5) is 26.3 Å². The summed E-state index contributed by atoms with van der Waals surface area (Å²) in [5, 5.41) is 0. The molecule has 0 spiro atoms. The Hall–Kier alpha value is -3.11. The van der Waals surface area contributed by atoms with E-state index in [1.54, 1.807) is 42.5 Å². The molecule has 0 aromatic heterocycles. The zero-order valence-electron chi connectivity index (χ0n) is 25.9. The van der Waals surface area contributed by atoms with Crippen LogP contribution in [0.3, 0.4) is 0 Å². The fraction of sp³-hybridized carbons (Fsp3) is 0.297. The fourth-order valence-corrected chi connectivity index (χ4v) is 4.53. The summed E-state index contributed by atoms with van der Waals surface area (Å²) in [5.74, 6) is 0. The van der Waals surface area contributed by atoms with Crippen LogP contribution in [0, 0.1) is 32.9 Å². The van der Waals surface area contributed by atoms with E-state index in [0.29, 0.717) is 22.3 Å².